The van der Waals surface area contributed by atoms with Crippen molar-refractivity contribution in [2.45, 2.75) is 38.8 Å². The molecule has 1 fully saturated rings. The molecule has 0 aromatic heterocycles. The third kappa shape index (κ3) is 4.05. The van der Waals surface area contributed by atoms with Gasteiger partial charge in [-0.25, -0.2) is 0 Å². The molecule has 5 nitrogen and oxygen atoms in total. The Kier molecular flexibility index (Phi) is 5.57. The van der Waals surface area contributed by atoms with Crippen molar-refractivity contribution < 1.29 is 9.59 Å². The molecule has 1 saturated carbocycles. The van der Waals surface area contributed by atoms with Crippen LogP contribution in [0.5, 0.6) is 0 Å². The van der Waals surface area contributed by atoms with Gasteiger partial charge in [0.25, 0.3) is 0 Å². The first-order chi connectivity index (χ1) is 12.5. The molecule has 0 saturated heterocycles. The van der Waals surface area contributed by atoms with Gasteiger partial charge in [0.15, 0.2) is 0 Å². The van der Waals surface area contributed by atoms with Crippen LogP contribution in [0.4, 0.5) is 5.69 Å². The first kappa shape index (κ1) is 18.4. The molecule has 5 heteroatoms. The minimum atomic E-state index is -0.376. The Morgan fingerprint density at radius 1 is 1.15 bits per heavy atom. The number of likely N-dealkylation sites (N-methyl/N-ethyl adjacent to an activating group) is 2. The van der Waals surface area contributed by atoms with Gasteiger partial charge in [0.2, 0.25) is 11.8 Å². The van der Waals surface area contributed by atoms with Crippen molar-refractivity contribution in [1.29, 1.82) is 0 Å². The Morgan fingerprint density at radius 2 is 1.85 bits per heavy atom. The molecule has 0 heterocycles. The molecule has 0 spiro atoms. The lowest BCUT2D eigenvalue weighted by atomic mass is 10.1. The van der Waals surface area contributed by atoms with Crippen LogP contribution in [-0.4, -0.2) is 48.9 Å². The molecule has 0 bridgehead atoms. The Labute approximate surface area is 155 Å². The van der Waals surface area contributed by atoms with Crippen molar-refractivity contribution in [3.05, 3.63) is 42.5 Å². The monoisotopic (exact) mass is 353 g/mol. The number of nitrogens with zero attached hydrogens (tertiary/aromatic N) is 2. The molecule has 1 aliphatic rings. The van der Waals surface area contributed by atoms with Crippen molar-refractivity contribution in [2.75, 3.05) is 25.0 Å². The van der Waals surface area contributed by atoms with E-state index in [-0.39, 0.29) is 24.4 Å². The maximum atomic E-state index is 13.1. The van der Waals surface area contributed by atoms with Crippen molar-refractivity contribution in [3.8, 4) is 0 Å². The quantitative estimate of drug-likeness (QED) is 0.833. The molecule has 26 heavy (non-hydrogen) atoms. The number of anilines is 1. The fourth-order valence-electron chi connectivity index (χ4n) is 3.17. The summed E-state index contributed by atoms with van der Waals surface area (Å²) in [5.74, 6) is -0.00608. The normalized spacial score (nSPS) is 15.1. The van der Waals surface area contributed by atoms with Crippen LogP contribution in [0.25, 0.3) is 10.8 Å². The van der Waals surface area contributed by atoms with Crippen molar-refractivity contribution in [1.82, 2.24) is 10.2 Å². The number of carbonyl (C=O) groups is 2. The highest BCUT2D eigenvalue weighted by Gasteiger charge is 2.28. The predicted octanol–water partition coefficient (Wildman–Crippen LogP) is 2.79. The highest BCUT2D eigenvalue weighted by atomic mass is 16.2. The van der Waals surface area contributed by atoms with Gasteiger partial charge in [0, 0.05) is 18.0 Å². The summed E-state index contributed by atoms with van der Waals surface area (Å²) in [5, 5.41) is 5.15. The fourth-order valence-corrected chi connectivity index (χ4v) is 3.17. The van der Waals surface area contributed by atoms with Gasteiger partial charge < -0.3 is 10.2 Å². The van der Waals surface area contributed by atoms with Crippen molar-refractivity contribution >= 4 is 28.3 Å². The third-order valence-electron chi connectivity index (χ3n) is 4.99. The first-order valence-corrected chi connectivity index (χ1v) is 9.30. The fraction of sp³-hybridized carbons (Fsp3) is 0.429. The molecule has 1 aliphatic carbocycles. The van der Waals surface area contributed by atoms with Crippen LogP contribution in [0, 0.1) is 0 Å². The van der Waals surface area contributed by atoms with Gasteiger partial charge in [-0.05, 0) is 45.2 Å². The zero-order valence-corrected chi connectivity index (χ0v) is 15.7. The van der Waals surface area contributed by atoms with Crippen LogP contribution >= 0.6 is 0 Å². The van der Waals surface area contributed by atoms with Crippen LogP contribution in [0.1, 0.15) is 26.7 Å². The lowest BCUT2D eigenvalue weighted by molar-refractivity contribution is -0.126. The van der Waals surface area contributed by atoms with Gasteiger partial charge in [-0.2, -0.15) is 0 Å². The number of hydrogen-bond donors (Lipinski definition) is 1. The van der Waals surface area contributed by atoms with E-state index < -0.39 is 0 Å². The summed E-state index contributed by atoms with van der Waals surface area (Å²) >= 11 is 0. The standard InChI is InChI=1S/C21H27N3O2/c1-4-24(19-11-7-9-16-8-5-6-10-18(16)19)21(26)15(2)23(3)14-20(25)22-17-12-13-17/h5-11,15,17H,4,12-14H2,1-3H3,(H,22,25)/t15-/m1/s1. The summed E-state index contributed by atoms with van der Waals surface area (Å²) in [7, 11) is 1.83. The zero-order chi connectivity index (χ0) is 18.7. The van der Waals surface area contributed by atoms with Crippen LogP contribution in [0.2, 0.25) is 0 Å². The van der Waals surface area contributed by atoms with Gasteiger partial charge in [-0.1, -0.05) is 36.4 Å². The second-order valence-corrected chi connectivity index (χ2v) is 7.01. The third-order valence-corrected chi connectivity index (χ3v) is 4.99. The van der Waals surface area contributed by atoms with Gasteiger partial charge >= 0.3 is 0 Å². The van der Waals surface area contributed by atoms with Crippen LogP contribution < -0.4 is 10.2 Å². The minimum absolute atomic E-state index is 0.00516. The summed E-state index contributed by atoms with van der Waals surface area (Å²) in [4.78, 5) is 28.8. The van der Waals surface area contributed by atoms with E-state index in [1.807, 2.05) is 61.0 Å². The Hall–Kier alpha value is -2.40. The average molecular weight is 353 g/mol. The van der Waals surface area contributed by atoms with Gasteiger partial charge in [0.1, 0.15) is 0 Å². The highest BCUT2D eigenvalue weighted by Crippen LogP contribution is 2.27. The number of fused-ring (bicyclic) bond motifs is 1. The molecule has 1 N–H and O–H groups in total. The van der Waals surface area contributed by atoms with Gasteiger partial charge in [-0.15, -0.1) is 0 Å². The summed E-state index contributed by atoms with van der Waals surface area (Å²) in [5.41, 5.74) is 0.915. The molecular formula is C21H27N3O2. The Morgan fingerprint density at radius 3 is 2.54 bits per heavy atom. The number of carbonyl (C=O) groups excluding carboxylic acids is 2. The van der Waals surface area contributed by atoms with Gasteiger partial charge in [-0.3, -0.25) is 14.5 Å². The summed E-state index contributed by atoms with van der Waals surface area (Å²) < 4.78 is 0. The van der Waals surface area contributed by atoms with Crippen molar-refractivity contribution in [2.24, 2.45) is 0 Å². The van der Waals surface area contributed by atoms with E-state index in [9.17, 15) is 9.59 Å². The maximum Gasteiger partial charge on any atom is 0.244 e. The second-order valence-electron chi connectivity index (χ2n) is 7.01. The number of nitrogens with one attached hydrogen (secondary N) is 1. The molecule has 2 amide bonds. The number of rotatable bonds is 7. The largest absolute Gasteiger partial charge is 0.352 e. The van der Waals surface area contributed by atoms with Crippen LogP contribution in [0.3, 0.4) is 0 Å². The second kappa shape index (κ2) is 7.87. The molecule has 3 rings (SSSR count). The maximum absolute atomic E-state index is 13.1. The molecule has 0 aliphatic heterocycles. The van der Waals surface area contributed by atoms with Crippen molar-refractivity contribution in [3.63, 3.8) is 0 Å². The SMILES string of the molecule is CCN(C(=O)[C@@H](C)N(C)CC(=O)NC1CC1)c1cccc2ccccc12. The van der Waals surface area contributed by atoms with E-state index in [0.29, 0.717) is 12.6 Å². The molecular weight excluding hydrogens is 326 g/mol. The Balaban J connectivity index is 1.75. The Bertz CT molecular complexity index is 795. The summed E-state index contributed by atoms with van der Waals surface area (Å²) in [6.45, 7) is 4.66. The van der Waals surface area contributed by atoms with E-state index in [4.69, 9.17) is 0 Å². The first-order valence-electron chi connectivity index (χ1n) is 9.30. The number of amides is 2. The number of hydrogen-bond acceptors (Lipinski definition) is 3. The van der Waals surface area contributed by atoms with E-state index >= 15 is 0 Å². The van der Waals surface area contributed by atoms with Crippen LogP contribution in [-0.2, 0) is 9.59 Å². The molecule has 1 atom stereocenters. The highest BCUT2D eigenvalue weighted by molar-refractivity contribution is 6.05. The predicted molar refractivity (Wildman–Crippen MR) is 105 cm³/mol. The van der Waals surface area contributed by atoms with Gasteiger partial charge in [0.05, 0.1) is 18.3 Å². The summed E-state index contributed by atoms with van der Waals surface area (Å²) in [6.07, 6.45) is 2.13. The number of benzene rings is 2. The van der Waals surface area contributed by atoms with E-state index in [0.717, 1.165) is 29.3 Å². The van der Waals surface area contributed by atoms with E-state index in [1.165, 1.54) is 0 Å². The molecule has 2 aromatic carbocycles. The van der Waals surface area contributed by atoms with E-state index in [2.05, 4.69) is 17.4 Å². The molecule has 0 radical (unpaired) electrons. The lowest BCUT2D eigenvalue weighted by Crippen LogP contribution is -2.49. The molecule has 2 aromatic rings. The zero-order valence-electron chi connectivity index (χ0n) is 15.7. The summed E-state index contributed by atoms with van der Waals surface area (Å²) in [6, 6.07) is 14.0. The lowest BCUT2D eigenvalue weighted by Gasteiger charge is -2.30. The topological polar surface area (TPSA) is 52.7 Å². The average Bonchev–Trinajstić information content (AvgIpc) is 3.45. The van der Waals surface area contributed by atoms with E-state index in [1.54, 1.807) is 0 Å². The van der Waals surface area contributed by atoms with Crippen LogP contribution in [0.15, 0.2) is 42.5 Å². The molecule has 0 unspecified atom stereocenters. The molecule has 138 valence electrons. The smallest absolute Gasteiger partial charge is 0.244 e. The minimum Gasteiger partial charge on any atom is -0.352 e.